The van der Waals surface area contributed by atoms with Crippen LogP contribution in [-0.2, 0) is 11.3 Å². The zero-order chi connectivity index (χ0) is 22.3. The second-order valence-electron chi connectivity index (χ2n) is 7.30. The highest BCUT2D eigenvalue weighted by Crippen LogP contribution is 2.34. The molecule has 0 radical (unpaired) electrons. The zero-order valence-electron chi connectivity index (χ0n) is 17.7. The van der Waals surface area contributed by atoms with E-state index in [0.717, 1.165) is 34.2 Å². The van der Waals surface area contributed by atoms with Gasteiger partial charge in [-0.2, -0.15) is 0 Å². The number of rotatable bonds is 8. The summed E-state index contributed by atoms with van der Waals surface area (Å²) < 4.78 is 11.5. The van der Waals surface area contributed by atoms with E-state index < -0.39 is 0 Å². The van der Waals surface area contributed by atoms with Crippen LogP contribution in [0.2, 0.25) is 0 Å². The smallest absolute Gasteiger partial charge is 0.293 e. The third-order valence-electron chi connectivity index (χ3n) is 4.89. The van der Waals surface area contributed by atoms with Crippen LogP contribution in [0.15, 0.2) is 83.8 Å². The van der Waals surface area contributed by atoms with E-state index in [1.807, 2.05) is 85.8 Å². The van der Waals surface area contributed by atoms with E-state index in [1.165, 1.54) is 4.90 Å². The van der Waals surface area contributed by atoms with Gasteiger partial charge in [-0.05, 0) is 48.5 Å². The van der Waals surface area contributed by atoms with Crippen molar-refractivity contribution in [2.45, 2.75) is 13.5 Å². The molecule has 0 atom stereocenters. The first kappa shape index (κ1) is 21.7. The van der Waals surface area contributed by atoms with E-state index in [0.29, 0.717) is 23.9 Å². The van der Waals surface area contributed by atoms with Gasteiger partial charge in [-0.15, -0.1) is 0 Å². The Hall–Kier alpha value is -3.51. The standard InChI is InChI=1S/C26H23NO4S/c1-19-11-13-20(14-12-19)18-27-25(28)24(32-26(27)29)17-21-7-5-6-10-23(21)31-16-15-30-22-8-3-2-4-9-22/h2-14,17H,15-16,18H2,1H3/b24-17+. The molecule has 4 rings (SSSR count). The molecule has 0 N–H and O–H groups in total. The fraction of sp³-hybridized carbons (Fsp3) is 0.154. The fourth-order valence-electron chi connectivity index (χ4n) is 3.21. The first-order chi connectivity index (χ1) is 15.6. The van der Waals surface area contributed by atoms with Crippen LogP contribution in [0.4, 0.5) is 4.79 Å². The summed E-state index contributed by atoms with van der Waals surface area (Å²) in [6.45, 7) is 3.01. The van der Waals surface area contributed by atoms with Gasteiger partial charge in [0.1, 0.15) is 24.7 Å². The molecule has 3 aromatic rings. The second-order valence-corrected chi connectivity index (χ2v) is 8.29. The van der Waals surface area contributed by atoms with Crippen LogP contribution < -0.4 is 9.47 Å². The number of carbonyl (C=O) groups is 2. The fourth-order valence-corrected chi connectivity index (χ4v) is 4.04. The summed E-state index contributed by atoms with van der Waals surface area (Å²) in [5, 5.41) is -0.267. The first-order valence-corrected chi connectivity index (χ1v) is 11.1. The van der Waals surface area contributed by atoms with Gasteiger partial charge in [0, 0.05) is 5.56 Å². The van der Waals surface area contributed by atoms with E-state index in [9.17, 15) is 9.59 Å². The third-order valence-corrected chi connectivity index (χ3v) is 5.80. The van der Waals surface area contributed by atoms with Gasteiger partial charge in [-0.3, -0.25) is 14.5 Å². The van der Waals surface area contributed by atoms with Gasteiger partial charge in [-0.25, -0.2) is 0 Å². The molecule has 1 aliphatic heterocycles. The van der Waals surface area contributed by atoms with Crippen LogP contribution in [0.3, 0.4) is 0 Å². The Labute approximate surface area is 191 Å². The number of thioether (sulfide) groups is 1. The van der Waals surface area contributed by atoms with Crippen molar-refractivity contribution in [2.24, 2.45) is 0 Å². The summed E-state index contributed by atoms with van der Waals surface area (Å²) in [6.07, 6.45) is 1.72. The predicted molar refractivity (Wildman–Crippen MR) is 127 cm³/mol. The molecule has 3 aromatic carbocycles. The van der Waals surface area contributed by atoms with Crippen LogP contribution in [0, 0.1) is 6.92 Å². The minimum Gasteiger partial charge on any atom is -0.490 e. The largest absolute Gasteiger partial charge is 0.490 e. The van der Waals surface area contributed by atoms with E-state index in [-0.39, 0.29) is 17.7 Å². The van der Waals surface area contributed by atoms with Gasteiger partial charge in [0.25, 0.3) is 11.1 Å². The highest BCUT2D eigenvalue weighted by Gasteiger charge is 2.35. The topological polar surface area (TPSA) is 55.8 Å². The molecule has 2 amide bonds. The number of hydrogen-bond donors (Lipinski definition) is 0. The summed E-state index contributed by atoms with van der Waals surface area (Å²) in [5.41, 5.74) is 2.79. The molecule has 0 unspecified atom stereocenters. The van der Waals surface area contributed by atoms with Gasteiger partial charge in [0.15, 0.2) is 0 Å². The Morgan fingerprint density at radius 2 is 1.53 bits per heavy atom. The molecule has 1 saturated heterocycles. The molecule has 0 spiro atoms. The van der Waals surface area contributed by atoms with E-state index >= 15 is 0 Å². The summed E-state index contributed by atoms with van der Waals surface area (Å²) in [4.78, 5) is 27.0. The summed E-state index contributed by atoms with van der Waals surface area (Å²) >= 11 is 0.952. The number of nitrogens with zero attached hydrogens (tertiary/aromatic N) is 1. The van der Waals surface area contributed by atoms with Crippen molar-refractivity contribution in [1.29, 1.82) is 0 Å². The Balaban J connectivity index is 1.41. The van der Waals surface area contributed by atoms with E-state index in [2.05, 4.69) is 0 Å². The molecule has 32 heavy (non-hydrogen) atoms. The molecular weight excluding hydrogens is 422 g/mol. The minimum absolute atomic E-state index is 0.261. The van der Waals surface area contributed by atoms with Crippen LogP contribution >= 0.6 is 11.8 Å². The molecule has 0 aliphatic carbocycles. The average molecular weight is 446 g/mol. The van der Waals surface area contributed by atoms with E-state index in [4.69, 9.17) is 9.47 Å². The van der Waals surface area contributed by atoms with Crippen LogP contribution in [-0.4, -0.2) is 29.3 Å². The van der Waals surface area contributed by atoms with Crippen LogP contribution in [0.1, 0.15) is 16.7 Å². The van der Waals surface area contributed by atoms with Crippen molar-refractivity contribution in [3.63, 3.8) is 0 Å². The molecule has 1 fully saturated rings. The number of benzene rings is 3. The molecule has 0 saturated carbocycles. The summed E-state index contributed by atoms with van der Waals surface area (Å²) in [7, 11) is 0. The lowest BCUT2D eigenvalue weighted by Crippen LogP contribution is -2.27. The third kappa shape index (κ3) is 5.39. The minimum atomic E-state index is -0.289. The van der Waals surface area contributed by atoms with Crippen molar-refractivity contribution in [2.75, 3.05) is 13.2 Å². The Kier molecular flexibility index (Phi) is 6.92. The van der Waals surface area contributed by atoms with Crippen molar-refractivity contribution >= 4 is 29.0 Å². The second kappa shape index (κ2) is 10.2. The number of imide groups is 1. The molecule has 6 heteroatoms. The van der Waals surface area contributed by atoms with Crippen LogP contribution in [0.5, 0.6) is 11.5 Å². The molecule has 1 heterocycles. The Morgan fingerprint density at radius 1 is 0.844 bits per heavy atom. The van der Waals surface area contributed by atoms with Gasteiger partial charge >= 0.3 is 0 Å². The highest BCUT2D eigenvalue weighted by atomic mass is 32.2. The van der Waals surface area contributed by atoms with Gasteiger partial charge in [-0.1, -0.05) is 66.2 Å². The quantitative estimate of drug-likeness (QED) is 0.329. The molecular formula is C26H23NO4S. The molecule has 1 aliphatic rings. The van der Waals surface area contributed by atoms with Crippen LogP contribution in [0.25, 0.3) is 6.08 Å². The molecule has 0 aromatic heterocycles. The predicted octanol–water partition coefficient (Wildman–Crippen LogP) is 5.69. The lowest BCUT2D eigenvalue weighted by atomic mass is 10.1. The number of aryl methyl sites for hydroxylation is 1. The normalized spacial score (nSPS) is 14.8. The summed E-state index contributed by atoms with van der Waals surface area (Å²) in [6, 6.07) is 24.8. The number of amides is 2. The van der Waals surface area contributed by atoms with Gasteiger partial charge in [0.05, 0.1) is 11.4 Å². The number of carbonyl (C=O) groups excluding carboxylic acids is 2. The molecule has 162 valence electrons. The summed E-state index contributed by atoms with van der Waals surface area (Å²) in [5.74, 6) is 1.13. The number of para-hydroxylation sites is 2. The van der Waals surface area contributed by atoms with Crippen molar-refractivity contribution in [3.05, 3.63) is 100 Å². The van der Waals surface area contributed by atoms with Crippen molar-refractivity contribution in [3.8, 4) is 11.5 Å². The monoisotopic (exact) mass is 445 g/mol. The Morgan fingerprint density at radius 3 is 2.31 bits per heavy atom. The van der Waals surface area contributed by atoms with Crippen molar-refractivity contribution in [1.82, 2.24) is 4.90 Å². The lowest BCUT2D eigenvalue weighted by Gasteiger charge is -2.13. The maximum atomic E-state index is 12.9. The number of ether oxygens (including phenoxy) is 2. The average Bonchev–Trinajstić information content (AvgIpc) is 3.07. The van der Waals surface area contributed by atoms with Gasteiger partial charge < -0.3 is 9.47 Å². The zero-order valence-corrected chi connectivity index (χ0v) is 18.5. The molecule has 5 nitrogen and oxygen atoms in total. The first-order valence-electron chi connectivity index (χ1n) is 10.3. The number of hydrogen-bond acceptors (Lipinski definition) is 5. The highest BCUT2D eigenvalue weighted by molar-refractivity contribution is 8.18. The molecule has 0 bridgehead atoms. The maximum Gasteiger partial charge on any atom is 0.293 e. The van der Waals surface area contributed by atoms with Gasteiger partial charge in [0.2, 0.25) is 0 Å². The lowest BCUT2D eigenvalue weighted by molar-refractivity contribution is -0.123. The van der Waals surface area contributed by atoms with E-state index in [1.54, 1.807) is 6.08 Å². The maximum absolute atomic E-state index is 12.9. The SMILES string of the molecule is Cc1ccc(CN2C(=O)S/C(=C/c3ccccc3OCCOc3ccccc3)C2=O)cc1. The Bertz CT molecular complexity index is 1130. The van der Waals surface area contributed by atoms with Crippen molar-refractivity contribution < 1.29 is 19.1 Å².